The molecule has 0 spiro atoms. The van der Waals surface area contributed by atoms with Gasteiger partial charge in [0.05, 0.1) is 0 Å². The van der Waals surface area contributed by atoms with Gasteiger partial charge in [-0.2, -0.15) is 0 Å². The highest BCUT2D eigenvalue weighted by molar-refractivity contribution is 8.00. The van der Waals surface area contributed by atoms with Crippen LogP contribution >= 0.6 is 11.8 Å². The zero-order valence-electron chi connectivity index (χ0n) is 9.65. The Balaban J connectivity index is 2.03. The minimum absolute atomic E-state index is 0.821. The van der Waals surface area contributed by atoms with Crippen LogP contribution in [0.1, 0.15) is 33.1 Å². The second kappa shape index (κ2) is 5.07. The molecule has 0 bridgehead atoms. The maximum atomic E-state index is 2.41. The van der Waals surface area contributed by atoms with Crippen LogP contribution in [-0.2, 0) is 0 Å². The van der Waals surface area contributed by atoms with Gasteiger partial charge in [-0.3, -0.25) is 0 Å². The highest BCUT2D eigenvalue weighted by atomic mass is 32.2. The highest BCUT2D eigenvalue weighted by Crippen LogP contribution is 2.40. The van der Waals surface area contributed by atoms with Gasteiger partial charge in [-0.25, -0.2) is 0 Å². The third kappa shape index (κ3) is 2.78. The molecule has 1 aliphatic carbocycles. The van der Waals surface area contributed by atoms with Crippen LogP contribution in [0.25, 0.3) is 0 Å². The van der Waals surface area contributed by atoms with E-state index in [1.54, 1.807) is 0 Å². The minimum Gasteiger partial charge on any atom is -0.122 e. The third-order valence-electron chi connectivity index (χ3n) is 3.46. The Hall–Kier alpha value is -0.430. The van der Waals surface area contributed by atoms with Crippen molar-refractivity contribution < 1.29 is 0 Å². The van der Waals surface area contributed by atoms with Crippen LogP contribution in [0.4, 0.5) is 0 Å². The van der Waals surface area contributed by atoms with Gasteiger partial charge >= 0.3 is 0 Å². The van der Waals surface area contributed by atoms with Crippen molar-refractivity contribution in [2.45, 2.75) is 43.3 Å². The Morgan fingerprint density at radius 3 is 2.20 bits per heavy atom. The second-order valence-corrected chi connectivity index (χ2v) is 6.03. The lowest BCUT2D eigenvalue weighted by Gasteiger charge is -2.34. The third-order valence-corrected chi connectivity index (χ3v) is 5.20. The van der Waals surface area contributed by atoms with Crippen molar-refractivity contribution in [2.75, 3.05) is 0 Å². The topological polar surface area (TPSA) is 0 Å². The fraction of sp³-hybridized carbons (Fsp3) is 0.571. The molecule has 1 heteroatoms. The van der Waals surface area contributed by atoms with Crippen molar-refractivity contribution in [3.05, 3.63) is 30.3 Å². The Morgan fingerprint density at radius 1 is 1.00 bits per heavy atom. The van der Waals surface area contributed by atoms with Gasteiger partial charge in [0.15, 0.2) is 0 Å². The van der Waals surface area contributed by atoms with Gasteiger partial charge < -0.3 is 0 Å². The van der Waals surface area contributed by atoms with E-state index >= 15 is 0 Å². The largest absolute Gasteiger partial charge is 0.122 e. The van der Waals surface area contributed by atoms with Crippen LogP contribution in [0.5, 0.6) is 0 Å². The van der Waals surface area contributed by atoms with Gasteiger partial charge in [-0.05, 0) is 36.8 Å². The maximum Gasteiger partial charge on any atom is 0.0146 e. The fourth-order valence-corrected chi connectivity index (χ4v) is 3.91. The average Bonchev–Trinajstić information content (AvgIpc) is 2.25. The predicted octanol–water partition coefficient (Wildman–Crippen LogP) is 4.60. The number of rotatable bonds is 2. The Morgan fingerprint density at radius 2 is 1.60 bits per heavy atom. The molecule has 0 radical (unpaired) electrons. The molecule has 0 nitrogen and oxygen atoms in total. The maximum absolute atomic E-state index is 2.41. The lowest BCUT2D eigenvalue weighted by atomic mass is 9.83. The number of hydrogen-bond donors (Lipinski definition) is 0. The van der Waals surface area contributed by atoms with Crippen LogP contribution in [0.15, 0.2) is 35.2 Å². The summed E-state index contributed by atoms with van der Waals surface area (Å²) < 4.78 is 0. The Labute approximate surface area is 97.5 Å². The second-order valence-electron chi connectivity index (χ2n) is 4.78. The van der Waals surface area contributed by atoms with E-state index in [9.17, 15) is 0 Å². The van der Waals surface area contributed by atoms with Crippen molar-refractivity contribution in [1.29, 1.82) is 0 Å². The molecule has 1 aromatic rings. The van der Waals surface area contributed by atoms with Gasteiger partial charge in [-0.1, -0.05) is 38.5 Å². The average molecular weight is 220 g/mol. The molecule has 0 aliphatic heterocycles. The first-order valence-corrected chi connectivity index (χ1v) is 6.87. The Kier molecular flexibility index (Phi) is 3.74. The first-order valence-electron chi connectivity index (χ1n) is 5.99. The van der Waals surface area contributed by atoms with Crippen molar-refractivity contribution in [2.24, 2.45) is 11.8 Å². The summed E-state index contributed by atoms with van der Waals surface area (Å²) in [5.74, 6) is 1.75. The predicted molar refractivity (Wildman–Crippen MR) is 68.3 cm³/mol. The molecule has 1 aliphatic rings. The fourth-order valence-electron chi connectivity index (χ4n) is 2.54. The summed E-state index contributed by atoms with van der Waals surface area (Å²) in [6, 6.07) is 10.8. The van der Waals surface area contributed by atoms with Gasteiger partial charge in [-0.15, -0.1) is 11.8 Å². The van der Waals surface area contributed by atoms with Gasteiger partial charge in [0, 0.05) is 10.1 Å². The molecule has 0 heterocycles. The van der Waals surface area contributed by atoms with E-state index < -0.39 is 0 Å². The van der Waals surface area contributed by atoms with E-state index in [4.69, 9.17) is 0 Å². The van der Waals surface area contributed by atoms with Crippen LogP contribution in [0.2, 0.25) is 0 Å². The summed E-state index contributed by atoms with van der Waals surface area (Å²) in [6.07, 6.45) is 4.25. The van der Waals surface area contributed by atoms with Gasteiger partial charge in [0.1, 0.15) is 0 Å². The van der Waals surface area contributed by atoms with E-state index in [2.05, 4.69) is 55.9 Å². The van der Waals surface area contributed by atoms with Crippen molar-refractivity contribution >= 4 is 11.8 Å². The lowest BCUT2D eigenvalue weighted by molar-refractivity contribution is 0.314. The van der Waals surface area contributed by atoms with Crippen LogP contribution < -0.4 is 0 Å². The first kappa shape index (κ1) is 11.1. The zero-order chi connectivity index (χ0) is 10.7. The summed E-state index contributed by atoms with van der Waals surface area (Å²) in [5.41, 5.74) is 0. The van der Waals surface area contributed by atoms with Crippen molar-refractivity contribution in [3.63, 3.8) is 0 Å². The molecule has 2 atom stereocenters. The SMILES string of the molecule is CC1CCCC(C)C1Sc1ccccc1. The van der Waals surface area contributed by atoms with Crippen LogP contribution in [-0.4, -0.2) is 5.25 Å². The summed E-state index contributed by atoms with van der Waals surface area (Å²) in [7, 11) is 0. The Bertz CT molecular complexity index is 283. The van der Waals surface area contributed by atoms with E-state index in [0.717, 1.165) is 17.1 Å². The van der Waals surface area contributed by atoms with E-state index in [0.29, 0.717) is 0 Å². The molecular weight excluding hydrogens is 200 g/mol. The van der Waals surface area contributed by atoms with Crippen molar-refractivity contribution in [3.8, 4) is 0 Å². The molecule has 0 amide bonds. The molecule has 15 heavy (non-hydrogen) atoms. The molecule has 1 saturated carbocycles. The van der Waals surface area contributed by atoms with E-state index in [1.165, 1.54) is 24.2 Å². The number of benzene rings is 1. The number of hydrogen-bond acceptors (Lipinski definition) is 1. The smallest absolute Gasteiger partial charge is 0.0146 e. The summed E-state index contributed by atoms with van der Waals surface area (Å²) >= 11 is 2.08. The van der Waals surface area contributed by atoms with Gasteiger partial charge in [0.2, 0.25) is 0 Å². The molecule has 1 fully saturated rings. The summed E-state index contributed by atoms with van der Waals surface area (Å²) in [6.45, 7) is 4.83. The highest BCUT2D eigenvalue weighted by Gasteiger charge is 2.28. The molecule has 2 rings (SSSR count). The summed E-state index contributed by atoms with van der Waals surface area (Å²) in [4.78, 5) is 1.43. The van der Waals surface area contributed by atoms with Crippen molar-refractivity contribution in [1.82, 2.24) is 0 Å². The molecule has 2 unspecified atom stereocenters. The van der Waals surface area contributed by atoms with E-state index in [1.807, 2.05) is 0 Å². The number of thioether (sulfide) groups is 1. The quantitative estimate of drug-likeness (QED) is 0.701. The normalized spacial score (nSPS) is 31.5. The standard InChI is InChI=1S/C14H20S/c1-11-7-6-8-12(2)14(11)15-13-9-4-3-5-10-13/h3-5,9-12,14H,6-8H2,1-2H3. The van der Waals surface area contributed by atoms with Crippen LogP contribution in [0.3, 0.4) is 0 Å². The molecule has 1 aromatic carbocycles. The van der Waals surface area contributed by atoms with Crippen LogP contribution in [0, 0.1) is 11.8 Å². The summed E-state index contributed by atoms with van der Waals surface area (Å²) in [5, 5.41) is 0.821. The van der Waals surface area contributed by atoms with Gasteiger partial charge in [0.25, 0.3) is 0 Å². The monoisotopic (exact) mass is 220 g/mol. The minimum atomic E-state index is 0.821. The molecule has 0 saturated heterocycles. The first-order chi connectivity index (χ1) is 7.27. The molecular formula is C14H20S. The lowest BCUT2D eigenvalue weighted by Crippen LogP contribution is -2.27. The molecule has 82 valence electrons. The zero-order valence-corrected chi connectivity index (χ0v) is 10.5. The van der Waals surface area contributed by atoms with E-state index in [-0.39, 0.29) is 0 Å². The molecule has 0 N–H and O–H groups in total. The molecule has 0 aromatic heterocycles.